The monoisotopic (exact) mass is 105 g/mol. The molecule has 1 unspecified atom stereocenters. The molecule has 44 valence electrons. The first-order chi connectivity index (χ1) is 3.12. The zero-order valence-electron chi connectivity index (χ0n) is 4.60. The van der Waals surface area contributed by atoms with Gasteiger partial charge in [0.25, 0.3) is 0 Å². The Hall–Kier alpha value is -0.120. The SMILES string of the molecule is CCC(C)(O)NO. The van der Waals surface area contributed by atoms with Crippen LogP contribution in [-0.2, 0) is 0 Å². The summed E-state index contributed by atoms with van der Waals surface area (Å²) in [6.07, 6.45) is 0.490. The average Bonchev–Trinajstić information content (AvgIpc) is 1.68. The van der Waals surface area contributed by atoms with Crippen molar-refractivity contribution in [2.75, 3.05) is 0 Å². The molecule has 0 bridgehead atoms. The summed E-state index contributed by atoms with van der Waals surface area (Å²) in [5.74, 6) is 0. The molecule has 0 aromatic rings. The van der Waals surface area contributed by atoms with E-state index in [9.17, 15) is 0 Å². The van der Waals surface area contributed by atoms with Gasteiger partial charge in [-0.3, -0.25) is 0 Å². The van der Waals surface area contributed by atoms with Crippen molar-refractivity contribution in [1.29, 1.82) is 0 Å². The molecule has 0 rings (SSSR count). The lowest BCUT2D eigenvalue weighted by Gasteiger charge is -2.17. The van der Waals surface area contributed by atoms with E-state index in [0.29, 0.717) is 6.42 Å². The van der Waals surface area contributed by atoms with Crippen LogP contribution in [-0.4, -0.2) is 16.0 Å². The Balaban J connectivity index is 3.36. The Morgan fingerprint density at radius 1 is 1.71 bits per heavy atom. The van der Waals surface area contributed by atoms with Crippen molar-refractivity contribution in [2.24, 2.45) is 0 Å². The minimum absolute atomic E-state index is 0.490. The molecule has 0 fully saturated rings. The van der Waals surface area contributed by atoms with Crippen molar-refractivity contribution in [2.45, 2.75) is 26.0 Å². The summed E-state index contributed by atoms with van der Waals surface area (Å²) in [4.78, 5) is 0. The van der Waals surface area contributed by atoms with Crippen LogP contribution in [0.15, 0.2) is 0 Å². The molecule has 0 aliphatic carbocycles. The second-order valence-electron chi connectivity index (χ2n) is 1.74. The molecule has 0 aromatic carbocycles. The number of hydroxylamine groups is 1. The van der Waals surface area contributed by atoms with Gasteiger partial charge in [-0.15, -0.1) is 0 Å². The normalized spacial score (nSPS) is 18.9. The molecular weight excluding hydrogens is 94.0 g/mol. The summed E-state index contributed by atoms with van der Waals surface area (Å²) in [5.41, 5.74) is 0.635. The van der Waals surface area contributed by atoms with Gasteiger partial charge >= 0.3 is 0 Å². The summed E-state index contributed by atoms with van der Waals surface area (Å²) in [6.45, 7) is 3.26. The molecule has 0 radical (unpaired) electrons. The fraction of sp³-hybridized carbons (Fsp3) is 1.00. The van der Waals surface area contributed by atoms with E-state index in [1.165, 1.54) is 6.92 Å². The molecule has 1 atom stereocenters. The van der Waals surface area contributed by atoms with E-state index in [1.807, 2.05) is 0 Å². The van der Waals surface area contributed by atoms with Crippen LogP contribution in [0.1, 0.15) is 20.3 Å². The smallest absolute Gasteiger partial charge is 0.134 e. The number of nitrogens with one attached hydrogen (secondary N) is 1. The van der Waals surface area contributed by atoms with Crippen molar-refractivity contribution in [1.82, 2.24) is 5.48 Å². The van der Waals surface area contributed by atoms with E-state index in [1.54, 1.807) is 12.4 Å². The number of rotatable bonds is 2. The predicted octanol–water partition coefficient (Wildman–Crippen LogP) is 0.0837. The maximum atomic E-state index is 8.77. The van der Waals surface area contributed by atoms with E-state index in [2.05, 4.69) is 0 Å². The Labute approximate surface area is 42.9 Å². The van der Waals surface area contributed by atoms with Gasteiger partial charge in [0.15, 0.2) is 0 Å². The molecule has 3 nitrogen and oxygen atoms in total. The van der Waals surface area contributed by atoms with Gasteiger partial charge in [-0.05, 0) is 13.3 Å². The predicted molar refractivity (Wildman–Crippen MR) is 25.8 cm³/mol. The minimum Gasteiger partial charge on any atom is -0.374 e. The van der Waals surface area contributed by atoms with Gasteiger partial charge in [0.2, 0.25) is 0 Å². The molecule has 0 spiro atoms. The van der Waals surface area contributed by atoms with Crippen LogP contribution in [0.2, 0.25) is 0 Å². The molecule has 0 aromatic heterocycles. The molecule has 0 saturated carbocycles. The van der Waals surface area contributed by atoms with Crippen molar-refractivity contribution in [3.8, 4) is 0 Å². The molecular formula is C4H11NO2. The van der Waals surface area contributed by atoms with Crippen molar-refractivity contribution in [3.05, 3.63) is 0 Å². The number of hydrogen-bond donors (Lipinski definition) is 3. The first kappa shape index (κ1) is 6.88. The second-order valence-corrected chi connectivity index (χ2v) is 1.74. The van der Waals surface area contributed by atoms with E-state index < -0.39 is 5.72 Å². The van der Waals surface area contributed by atoms with Crippen LogP contribution in [0.5, 0.6) is 0 Å². The summed E-state index contributed by atoms with van der Waals surface area (Å²) in [5, 5.41) is 16.9. The molecule has 3 N–H and O–H groups in total. The van der Waals surface area contributed by atoms with Gasteiger partial charge in [-0.2, -0.15) is 5.48 Å². The van der Waals surface area contributed by atoms with Crippen LogP contribution in [0, 0.1) is 0 Å². The zero-order valence-corrected chi connectivity index (χ0v) is 4.60. The van der Waals surface area contributed by atoms with Crippen molar-refractivity contribution >= 4 is 0 Å². The molecule has 7 heavy (non-hydrogen) atoms. The number of hydrogen-bond acceptors (Lipinski definition) is 3. The fourth-order valence-corrected chi connectivity index (χ4v) is 0.0791. The van der Waals surface area contributed by atoms with Gasteiger partial charge in [0.05, 0.1) is 0 Å². The van der Waals surface area contributed by atoms with Crippen molar-refractivity contribution < 1.29 is 10.3 Å². The van der Waals surface area contributed by atoms with E-state index >= 15 is 0 Å². The van der Waals surface area contributed by atoms with Gasteiger partial charge in [0, 0.05) is 0 Å². The second kappa shape index (κ2) is 2.26. The van der Waals surface area contributed by atoms with Gasteiger partial charge in [0.1, 0.15) is 5.72 Å². The summed E-state index contributed by atoms with van der Waals surface area (Å²) in [6, 6.07) is 0. The first-order valence-electron chi connectivity index (χ1n) is 2.26. The Kier molecular flexibility index (Phi) is 2.22. The van der Waals surface area contributed by atoms with Gasteiger partial charge in [-0.25, -0.2) is 0 Å². The summed E-state index contributed by atoms with van der Waals surface area (Å²) in [7, 11) is 0. The highest BCUT2D eigenvalue weighted by Crippen LogP contribution is 1.99. The van der Waals surface area contributed by atoms with Crippen LogP contribution in [0.25, 0.3) is 0 Å². The van der Waals surface area contributed by atoms with Crippen LogP contribution >= 0.6 is 0 Å². The topological polar surface area (TPSA) is 52.5 Å². The fourth-order valence-electron chi connectivity index (χ4n) is 0.0791. The van der Waals surface area contributed by atoms with E-state index in [-0.39, 0.29) is 0 Å². The Morgan fingerprint density at radius 3 is 2.14 bits per heavy atom. The third kappa shape index (κ3) is 2.56. The number of aliphatic hydroxyl groups is 1. The highest BCUT2D eigenvalue weighted by Gasteiger charge is 2.13. The molecule has 0 heterocycles. The lowest BCUT2D eigenvalue weighted by atomic mass is 10.2. The average molecular weight is 105 g/mol. The highest BCUT2D eigenvalue weighted by atomic mass is 16.5. The highest BCUT2D eigenvalue weighted by molar-refractivity contribution is 4.58. The maximum absolute atomic E-state index is 8.77. The summed E-state index contributed by atoms with van der Waals surface area (Å²) < 4.78 is 0. The van der Waals surface area contributed by atoms with E-state index in [4.69, 9.17) is 10.3 Å². The lowest BCUT2D eigenvalue weighted by Crippen LogP contribution is -2.38. The first-order valence-corrected chi connectivity index (χ1v) is 2.26. The standard InChI is InChI=1S/C4H11NO2/c1-3-4(2,6)5-7/h5-7H,3H2,1-2H3. The van der Waals surface area contributed by atoms with Gasteiger partial charge in [-0.1, -0.05) is 6.92 Å². The van der Waals surface area contributed by atoms with Gasteiger partial charge < -0.3 is 10.3 Å². The Bertz CT molecular complexity index is 47.7. The molecule has 0 aliphatic rings. The van der Waals surface area contributed by atoms with Crippen LogP contribution in [0.4, 0.5) is 0 Å². The van der Waals surface area contributed by atoms with Crippen molar-refractivity contribution in [3.63, 3.8) is 0 Å². The third-order valence-electron chi connectivity index (χ3n) is 0.929. The summed E-state index contributed by atoms with van der Waals surface area (Å²) >= 11 is 0. The van der Waals surface area contributed by atoms with E-state index in [0.717, 1.165) is 0 Å². The molecule has 0 aliphatic heterocycles. The third-order valence-corrected chi connectivity index (χ3v) is 0.929. The minimum atomic E-state index is -1.11. The quantitative estimate of drug-likeness (QED) is 0.344. The van der Waals surface area contributed by atoms with Crippen LogP contribution < -0.4 is 5.48 Å². The molecule has 3 heteroatoms. The largest absolute Gasteiger partial charge is 0.374 e. The molecule has 0 saturated heterocycles. The molecule has 0 amide bonds. The van der Waals surface area contributed by atoms with Crippen LogP contribution in [0.3, 0.4) is 0 Å². The lowest BCUT2D eigenvalue weighted by molar-refractivity contribution is -0.0815. The Morgan fingerprint density at radius 2 is 2.14 bits per heavy atom. The maximum Gasteiger partial charge on any atom is 0.134 e. The zero-order chi connectivity index (χ0) is 5.91.